The average Bonchev–Trinajstić information content (AvgIpc) is 2.20. The van der Waals surface area contributed by atoms with E-state index in [1.54, 1.807) is 0 Å². The minimum Gasteiger partial charge on any atom is -1.00 e. The number of hydrogen-bond donors (Lipinski definition) is 0. The number of ether oxygens (including phenoxy) is 1. The van der Waals surface area contributed by atoms with Crippen LogP contribution in [0.15, 0.2) is 24.3 Å². The fourth-order valence-corrected chi connectivity index (χ4v) is 0.812. The van der Waals surface area contributed by atoms with Gasteiger partial charge in [0.25, 0.3) is 5.69 Å². The third-order valence-electron chi connectivity index (χ3n) is 1.47. The van der Waals surface area contributed by atoms with Crippen LogP contribution in [0.5, 0.6) is 5.75 Å². The van der Waals surface area contributed by atoms with Crippen LogP contribution in [0, 0.1) is 10.1 Å². The monoisotopic (exact) mass is 227 g/mol. The summed E-state index contributed by atoms with van der Waals surface area (Å²) < 4.78 is 4.83. The second kappa shape index (κ2) is 13.6. The Morgan fingerprint density at radius 1 is 1.24 bits per heavy atom. The zero-order valence-electron chi connectivity index (χ0n) is 11.8. The van der Waals surface area contributed by atoms with Gasteiger partial charge in [-0.05, 0) is 19.6 Å². The van der Waals surface area contributed by atoms with Gasteiger partial charge in [0.15, 0.2) is 0 Å². The topological polar surface area (TPSA) is 75.4 Å². The van der Waals surface area contributed by atoms with Crippen molar-refractivity contribution < 1.29 is 53.9 Å². The van der Waals surface area contributed by atoms with Crippen LogP contribution in [0.1, 0.15) is 15.3 Å². The van der Waals surface area contributed by atoms with E-state index in [-0.39, 0.29) is 44.8 Å². The molecule has 0 saturated carbocycles. The molecule has 5 nitrogen and oxygen atoms in total. The maximum atomic E-state index is 10.6. The van der Waals surface area contributed by atoms with Gasteiger partial charge in [0.2, 0.25) is 0 Å². The van der Waals surface area contributed by atoms with Crippen LogP contribution in [0.2, 0.25) is 0 Å². The summed E-state index contributed by atoms with van der Waals surface area (Å²) in [6.07, 6.45) is 0. The average molecular weight is 227 g/mol. The molecule has 0 aliphatic carbocycles. The molecule has 1 rings (SSSR count). The quantitative estimate of drug-likeness (QED) is 0.298. The number of rotatable bonds is 3. The SMILES string of the molecule is CCOCC.O=[N+]([O-])c1ccccc1[O-].[H-].[Li+].[Li+]. The molecule has 86 valence electrons. The van der Waals surface area contributed by atoms with Crippen molar-refractivity contribution in [3.63, 3.8) is 0 Å². The second-order valence-electron chi connectivity index (χ2n) is 2.51. The van der Waals surface area contributed by atoms with Gasteiger partial charge < -0.3 is 11.3 Å². The van der Waals surface area contributed by atoms with Crippen LogP contribution in [-0.2, 0) is 4.74 Å². The molecule has 0 atom stereocenters. The number of benzene rings is 1. The van der Waals surface area contributed by atoms with Crippen LogP contribution < -0.4 is 42.8 Å². The van der Waals surface area contributed by atoms with Crippen LogP contribution in [0.3, 0.4) is 0 Å². The third kappa shape index (κ3) is 10.4. The first-order chi connectivity index (χ1) is 7.13. The number of para-hydroxylation sites is 2. The Bertz CT molecular complexity index is 314. The van der Waals surface area contributed by atoms with E-state index in [4.69, 9.17) is 4.74 Å². The van der Waals surface area contributed by atoms with E-state index < -0.39 is 10.7 Å². The van der Waals surface area contributed by atoms with Crippen LogP contribution >= 0.6 is 0 Å². The molecule has 0 bridgehead atoms. The first kappa shape index (κ1) is 21.8. The van der Waals surface area contributed by atoms with Crippen LogP contribution in [-0.4, -0.2) is 18.1 Å². The van der Waals surface area contributed by atoms with Crippen LogP contribution in [0.4, 0.5) is 5.69 Å². The fraction of sp³-hybridized carbons (Fsp3) is 0.400. The number of nitrogens with zero attached hydrogens (tertiary/aromatic N) is 1. The number of nitro benzene ring substituents is 1. The molecule has 0 aliphatic heterocycles. The van der Waals surface area contributed by atoms with Gasteiger partial charge in [0.1, 0.15) is 0 Å². The largest absolute Gasteiger partial charge is 1.00 e. The first-order valence-electron chi connectivity index (χ1n) is 4.61. The van der Waals surface area contributed by atoms with E-state index in [1.807, 2.05) is 13.8 Å². The third-order valence-corrected chi connectivity index (χ3v) is 1.47. The Morgan fingerprint density at radius 2 is 1.71 bits per heavy atom. The van der Waals surface area contributed by atoms with Gasteiger partial charge in [0.05, 0.1) is 4.92 Å². The Morgan fingerprint density at radius 3 is 1.94 bits per heavy atom. The predicted molar refractivity (Wildman–Crippen MR) is 55.8 cm³/mol. The molecule has 0 fully saturated rings. The molecule has 1 aromatic carbocycles. The molecule has 0 N–H and O–H groups in total. The van der Waals surface area contributed by atoms with Gasteiger partial charge in [-0.1, -0.05) is 18.2 Å². The normalized spacial score (nSPS) is 7.88. The number of hydrogen-bond acceptors (Lipinski definition) is 4. The molecule has 0 radical (unpaired) electrons. The van der Waals surface area contributed by atoms with Gasteiger partial charge in [0, 0.05) is 19.3 Å². The van der Waals surface area contributed by atoms with Crippen molar-refractivity contribution in [1.29, 1.82) is 0 Å². The van der Waals surface area contributed by atoms with Gasteiger partial charge in [-0.2, -0.15) is 0 Å². The van der Waals surface area contributed by atoms with Gasteiger partial charge in [-0.3, -0.25) is 10.1 Å². The van der Waals surface area contributed by atoms with Crippen molar-refractivity contribution >= 4 is 5.69 Å². The molecule has 0 amide bonds. The molecule has 1 aromatic rings. The summed E-state index contributed by atoms with van der Waals surface area (Å²) in [5.74, 6) is -0.549. The van der Waals surface area contributed by atoms with Crippen molar-refractivity contribution in [3.05, 3.63) is 34.4 Å². The summed E-state index contributed by atoms with van der Waals surface area (Å²) >= 11 is 0. The standard InChI is InChI=1S/C6H5NO3.C4H10O.2Li.H/c8-6-4-2-1-3-5(6)7(9)10;1-3-5-4-2;;;/h1-4,8H;3-4H2,1-2H3;;;/q;;2*+1;-1/p-1. The molecule has 0 heterocycles. The van der Waals surface area contributed by atoms with Gasteiger partial charge in [-0.15, -0.1) is 0 Å². The van der Waals surface area contributed by atoms with E-state index in [0.29, 0.717) is 0 Å². The fourth-order valence-electron chi connectivity index (χ4n) is 0.812. The Labute approximate surface area is 127 Å². The summed E-state index contributed by atoms with van der Waals surface area (Å²) in [6.45, 7) is 5.67. The van der Waals surface area contributed by atoms with Crippen molar-refractivity contribution in [2.75, 3.05) is 13.2 Å². The predicted octanol–water partition coefficient (Wildman–Crippen LogP) is -4.17. The maximum absolute atomic E-state index is 10.6. The first-order valence-corrected chi connectivity index (χ1v) is 4.61. The Hall–Kier alpha value is -0.425. The maximum Gasteiger partial charge on any atom is 1.00 e. The Balaban J connectivity index is -0.000000109. The van der Waals surface area contributed by atoms with E-state index in [0.717, 1.165) is 19.3 Å². The zero-order chi connectivity index (χ0) is 11.7. The second-order valence-corrected chi connectivity index (χ2v) is 2.51. The molecule has 0 spiro atoms. The summed E-state index contributed by atoms with van der Waals surface area (Å²) in [5, 5.41) is 20.6. The molecule has 0 aromatic heterocycles. The van der Waals surface area contributed by atoms with Gasteiger partial charge in [-0.25, -0.2) is 0 Å². The van der Waals surface area contributed by atoms with Crippen molar-refractivity contribution in [2.45, 2.75) is 13.8 Å². The molecular weight excluding hydrogens is 212 g/mol. The van der Waals surface area contributed by atoms with E-state index >= 15 is 0 Å². The van der Waals surface area contributed by atoms with Crippen molar-refractivity contribution in [2.24, 2.45) is 0 Å². The summed E-state index contributed by atoms with van der Waals surface area (Å²) in [4.78, 5) is 9.34. The number of nitro groups is 1. The zero-order valence-corrected chi connectivity index (χ0v) is 10.8. The molecule has 0 unspecified atom stereocenters. The van der Waals surface area contributed by atoms with E-state index in [1.165, 1.54) is 18.2 Å². The molecule has 0 aliphatic rings. The van der Waals surface area contributed by atoms with Crippen LogP contribution in [0.25, 0.3) is 0 Å². The molecule has 17 heavy (non-hydrogen) atoms. The van der Waals surface area contributed by atoms with Crippen molar-refractivity contribution in [1.82, 2.24) is 0 Å². The Kier molecular flexibility index (Phi) is 17.5. The smallest absolute Gasteiger partial charge is 1.00 e. The molecule has 0 saturated heterocycles. The summed E-state index contributed by atoms with van der Waals surface area (Å²) in [6, 6.07) is 5.27. The van der Waals surface area contributed by atoms with Gasteiger partial charge >= 0.3 is 37.7 Å². The molecule has 7 heteroatoms. The van der Waals surface area contributed by atoms with E-state index in [2.05, 4.69) is 0 Å². The van der Waals surface area contributed by atoms with Crippen molar-refractivity contribution in [3.8, 4) is 5.75 Å². The minimum atomic E-state index is -0.692. The summed E-state index contributed by atoms with van der Waals surface area (Å²) in [7, 11) is 0. The summed E-state index contributed by atoms with van der Waals surface area (Å²) in [5.41, 5.74) is -0.373. The molecular formula is C10H15Li2NO4. The minimum absolute atomic E-state index is 0. The van der Waals surface area contributed by atoms with E-state index in [9.17, 15) is 15.2 Å².